The van der Waals surface area contributed by atoms with Gasteiger partial charge >= 0.3 is 6.09 Å². The lowest BCUT2D eigenvalue weighted by Crippen LogP contribution is -2.46. The maximum atomic E-state index is 13.0. The molecule has 4 rings (SSSR count). The molecule has 1 aliphatic rings. The van der Waals surface area contributed by atoms with E-state index in [0.29, 0.717) is 17.0 Å². The smallest absolute Gasteiger partial charge is 0.410 e. The molecule has 1 amide bonds. The minimum atomic E-state index is -0.598. The summed E-state index contributed by atoms with van der Waals surface area (Å²) >= 11 is 0. The van der Waals surface area contributed by atoms with Crippen molar-refractivity contribution < 1.29 is 14.3 Å². The van der Waals surface area contributed by atoms with Crippen LogP contribution >= 0.6 is 0 Å². The highest BCUT2D eigenvalue weighted by atomic mass is 16.6. The van der Waals surface area contributed by atoms with Crippen LogP contribution in [0.15, 0.2) is 84.9 Å². The Kier molecular flexibility index (Phi) is 4.90. The van der Waals surface area contributed by atoms with Gasteiger partial charge in [-0.1, -0.05) is 60.4 Å². The number of ketones is 1. The number of carbonyl (C=O) groups is 2. The average molecular weight is 367 g/mol. The van der Waals surface area contributed by atoms with Crippen molar-refractivity contribution >= 4 is 17.6 Å². The van der Waals surface area contributed by atoms with Gasteiger partial charge in [-0.05, 0) is 36.4 Å². The molecule has 0 bridgehead atoms. The highest BCUT2D eigenvalue weighted by molar-refractivity contribution is 6.09. The molecule has 1 atom stereocenters. The van der Waals surface area contributed by atoms with E-state index >= 15 is 0 Å². The van der Waals surface area contributed by atoms with Crippen LogP contribution in [0.4, 0.5) is 10.5 Å². The van der Waals surface area contributed by atoms with Gasteiger partial charge in [-0.2, -0.15) is 0 Å². The van der Waals surface area contributed by atoms with E-state index in [-0.39, 0.29) is 12.2 Å². The van der Waals surface area contributed by atoms with Gasteiger partial charge in [-0.25, -0.2) is 4.79 Å². The van der Waals surface area contributed by atoms with Crippen molar-refractivity contribution in [1.82, 2.24) is 0 Å². The predicted octanol–water partition coefficient (Wildman–Crippen LogP) is 4.70. The second kappa shape index (κ2) is 7.81. The molecule has 4 nitrogen and oxygen atoms in total. The number of benzene rings is 3. The standard InChI is InChI=1S/C24H17NO3/c26-23-17-19(16-15-18-9-3-1-4-10-18)25(22-14-8-7-13-21(22)23)24(27)28-20-11-5-2-6-12-20/h1-14,19H,17H2. The van der Waals surface area contributed by atoms with Gasteiger partial charge in [0.05, 0.1) is 5.69 Å². The van der Waals surface area contributed by atoms with Gasteiger partial charge in [0.2, 0.25) is 0 Å². The molecule has 4 heteroatoms. The van der Waals surface area contributed by atoms with Crippen LogP contribution in [0.25, 0.3) is 0 Å². The highest BCUT2D eigenvalue weighted by Gasteiger charge is 2.35. The van der Waals surface area contributed by atoms with Crippen LogP contribution in [0.5, 0.6) is 5.75 Å². The molecule has 1 heterocycles. The maximum absolute atomic E-state index is 13.0. The molecule has 136 valence electrons. The van der Waals surface area contributed by atoms with E-state index < -0.39 is 12.1 Å². The zero-order valence-electron chi connectivity index (χ0n) is 15.0. The van der Waals surface area contributed by atoms with Crippen molar-refractivity contribution in [3.63, 3.8) is 0 Å². The molecule has 0 aliphatic carbocycles. The van der Waals surface area contributed by atoms with Crippen LogP contribution in [0, 0.1) is 11.8 Å². The summed E-state index contributed by atoms with van der Waals surface area (Å²) in [6.45, 7) is 0. The third-order valence-electron chi connectivity index (χ3n) is 4.46. The molecule has 0 radical (unpaired) electrons. The van der Waals surface area contributed by atoms with E-state index in [0.717, 1.165) is 5.56 Å². The molecule has 28 heavy (non-hydrogen) atoms. The number of ether oxygens (including phenoxy) is 1. The first-order valence-corrected chi connectivity index (χ1v) is 8.97. The zero-order chi connectivity index (χ0) is 19.3. The van der Waals surface area contributed by atoms with Crippen LogP contribution in [0.1, 0.15) is 22.3 Å². The summed E-state index contributed by atoms with van der Waals surface area (Å²) in [5.74, 6) is 6.55. The van der Waals surface area contributed by atoms with Crippen LogP contribution in [0.3, 0.4) is 0 Å². The summed E-state index contributed by atoms with van der Waals surface area (Å²) in [6, 6.07) is 24.8. The summed E-state index contributed by atoms with van der Waals surface area (Å²) in [5, 5.41) is 0. The number of Topliss-reactive ketones (excluding diaryl/α,β-unsaturated/α-hetero) is 1. The van der Waals surface area contributed by atoms with Crippen LogP contribution in [-0.4, -0.2) is 17.9 Å². The number of para-hydroxylation sites is 2. The van der Waals surface area contributed by atoms with Crippen molar-refractivity contribution in [3.8, 4) is 17.6 Å². The molecule has 0 saturated carbocycles. The lowest BCUT2D eigenvalue weighted by atomic mass is 9.95. The number of fused-ring (bicyclic) bond motifs is 1. The second-order valence-corrected chi connectivity index (χ2v) is 6.35. The SMILES string of the molecule is O=C1CC(C#Cc2ccccc2)N(C(=O)Oc2ccccc2)c2ccccc21. The summed E-state index contributed by atoms with van der Waals surface area (Å²) in [4.78, 5) is 27.0. The van der Waals surface area contributed by atoms with Gasteiger partial charge in [0, 0.05) is 17.5 Å². The first-order valence-electron chi connectivity index (χ1n) is 8.97. The average Bonchev–Trinajstić information content (AvgIpc) is 2.74. The lowest BCUT2D eigenvalue weighted by Gasteiger charge is -2.32. The molecule has 1 unspecified atom stereocenters. The van der Waals surface area contributed by atoms with Gasteiger partial charge < -0.3 is 4.74 Å². The van der Waals surface area contributed by atoms with Crippen molar-refractivity contribution in [3.05, 3.63) is 96.1 Å². The van der Waals surface area contributed by atoms with E-state index in [1.165, 1.54) is 4.90 Å². The van der Waals surface area contributed by atoms with Crippen molar-refractivity contribution in [2.24, 2.45) is 0 Å². The molecular formula is C24H17NO3. The molecular weight excluding hydrogens is 350 g/mol. The fourth-order valence-electron chi connectivity index (χ4n) is 3.13. The summed E-state index contributed by atoms with van der Waals surface area (Å²) in [5.41, 5.74) is 1.85. The summed E-state index contributed by atoms with van der Waals surface area (Å²) in [6.07, 6.45) is -0.431. The van der Waals surface area contributed by atoms with E-state index in [9.17, 15) is 9.59 Å². The molecule has 0 fully saturated rings. The number of hydrogen-bond donors (Lipinski definition) is 0. The van der Waals surface area contributed by atoms with Gasteiger partial charge in [0.15, 0.2) is 5.78 Å². The Morgan fingerprint density at radius 1 is 0.893 bits per heavy atom. The Balaban J connectivity index is 1.71. The zero-order valence-corrected chi connectivity index (χ0v) is 15.0. The van der Waals surface area contributed by atoms with Gasteiger partial charge in [0.25, 0.3) is 0 Å². The fourth-order valence-corrected chi connectivity index (χ4v) is 3.13. The second-order valence-electron chi connectivity index (χ2n) is 6.35. The van der Waals surface area contributed by atoms with E-state index in [1.54, 1.807) is 48.5 Å². The first kappa shape index (κ1) is 17.6. The number of rotatable bonds is 1. The maximum Gasteiger partial charge on any atom is 0.420 e. The van der Waals surface area contributed by atoms with Gasteiger partial charge in [-0.3, -0.25) is 9.69 Å². The number of anilines is 1. The van der Waals surface area contributed by atoms with Crippen molar-refractivity contribution in [2.45, 2.75) is 12.5 Å². The van der Waals surface area contributed by atoms with Crippen LogP contribution in [-0.2, 0) is 0 Å². The quantitative estimate of drug-likeness (QED) is 0.586. The Labute approximate surface area is 163 Å². The van der Waals surface area contributed by atoms with E-state index in [1.807, 2.05) is 36.4 Å². The number of carbonyl (C=O) groups excluding carboxylic acids is 2. The number of amides is 1. The van der Waals surface area contributed by atoms with E-state index in [2.05, 4.69) is 11.8 Å². The monoisotopic (exact) mass is 367 g/mol. The number of hydrogen-bond acceptors (Lipinski definition) is 3. The minimum Gasteiger partial charge on any atom is -0.410 e. The molecule has 0 spiro atoms. The molecule has 0 aromatic heterocycles. The molecule has 3 aromatic rings. The minimum absolute atomic E-state index is 0.0354. The third kappa shape index (κ3) is 3.65. The van der Waals surface area contributed by atoms with Gasteiger partial charge in [0.1, 0.15) is 11.8 Å². The Bertz CT molecular complexity index is 1070. The van der Waals surface area contributed by atoms with Crippen LogP contribution in [0.2, 0.25) is 0 Å². The molecule has 3 aromatic carbocycles. The summed E-state index contributed by atoms with van der Waals surface area (Å²) in [7, 11) is 0. The van der Waals surface area contributed by atoms with Crippen LogP contribution < -0.4 is 9.64 Å². The topological polar surface area (TPSA) is 46.6 Å². The largest absolute Gasteiger partial charge is 0.420 e. The fraction of sp³-hybridized carbons (Fsp3) is 0.0833. The molecule has 0 N–H and O–H groups in total. The first-order chi connectivity index (χ1) is 13.7. The highest BCUT2D eigenvalue weighted by Crippen LogP contribution is 2.31. The normalized spacial score (nSPS) is 15.2. The summed E-state index contributed by atoms with van der Waals surface area (Å²) < 4.78 is 5.54. The Morgan fingerprint density at radius 3 is 2.29 bits per heavy atom. The molecule has 1 aliphatic heterocycles. The molecule has 0 saturated heterocycles. The predicted molar refractivity (Wildman–Crippen MR) is 107 cm³/mol. The third-order valence-corrected chi connectivity index (χ3v) is 4.46. The van der Waals surface area contributed by atoms with Crippen molar-refractivity contribution in [1.29, 1.82) is 0 Å². The Hall–Kier alpha value is -3.84. The van der Waals surface area contributed by atoms with Crippen molar-refractivity contribution in [2.75, 3.05) is 4.90 Å². The lowest BCUT2D eigenvalue weighted by molar-refractivity contribution is 0.0973. The number of nitrogens with zero attached hydrogens (tertiary/aromatic N) is 1. The van der Waals surface area contributed by atoms with Gasteiger partial charge in [-0.15, -0.1) is 0 Å². The Morgan fingerprint density at radius 2 is 1.54 bits per heavy atom. The van der Waals surface area contributed by atoms with E-state index in [4.69, 9.17) is 4.74 Å².